The van der Waals surface area contributed by atoms with Gasteiger partial charge in [-0.1, -0.05) is 38.5 Å². The lowest BCUT2D eigenvalue weighted by molar-refractivity contribution is -0.155. The lowest BCUT2D eigenvalue weighted by atomic mass is 9.70. The lowest BCUT2D eigenvalue weighted by Crippen LogP contribution is -2.57. The zero-order valence-electron chi connectivity index (χ0n) is 20.7. The summed E-state index contributed by atoms with van der Waals surface area (Å²) in [5, 5.41) is 13.4. The van der Waals surface area contributed by atoms with Crippen LogP contribution in [0.5, 0.6) is 0 Å². The summed E-state index contributed by atoms with van der Waals surface area (Å²) in [5.74, 6) is -2.68. The molecule has 1 aromatic carbocycles. The van der Waals surface area contributed by atoms with E-state index < -0.39 is 41.6 Å². The number of nitrogens with zero attached hydrogens (tertiary/aromatic N) is 1. The predicted octanol–water partition coefficient (Wildman–Crippen LogP) is 2.59. The van der Waals surface area contributed by atoms with Crippen LogP contribution in [0, 0.1) is 31.6 Å². The van der Waals surface area contributed by atoms with Crippen LogP contribution in [0.25, 0.3) is 0 Å². The molecule has 3 saturated heterocycles. The number of hydrogen-bond acceptors (Lipinski definition) is 6. The molecule has 8 heteroatoms. The van der Waals surface area contributed by atoms with Gasteiger partial charge in [0.2, 0.25) is 11.8 Å². The van der Waals surface area contributed by atoms with E-state index >= 15 is 0 Å². The number of hydrogen-bond donors (Lipinski definition) is 2. The molecule has 34 heavy (non-hydrogen) atoms. The fourth-order valence-electron chi connectivity index (χ4n) is 6.27. The second-order valence-corrected chi connectivity index (χ2v) is 9.94. The molecule has 2 amide bonds. The Morgan fingerprint density at radius 1 is 1.29 bits per heavy atom. The third-order valence-electron chi connectivity index (χ3n) is 8.12. The molecule has 3 aliphatic heterocycles. The van der Waals surface area contributed by atoms with E-state index in [0.29, 0.717) is 18.5 Å². The summed E-state index contributed by atoms with van der Waals surface area (Å²) in [4.78, 5) is 42.3. The van der Waals surface area contributed by atoms with Crippen molar-refractivity contribution in [3.05, 3.63) is 29.3 Å². The van der Waals surface area contributed by atoms with Gasteiger partial charge in [0.1, 0.15) is 11.6 Å². The first-order chi connectivity index (χ1) is 16.2. The molecule has 4 rings (SSSR count). The summed E-state index contributed by atoms with van der Waals surface area (Å²) in [7, 11) is 0. The molecule has 1 spiro atoms. The largest absolute Gasteiger partial charge is 0.466 e. The van der Waals surface area contributed by atoms with Gasteiger partial charge in [0.25, 0.3) is 0 Å². The van der Waals surface area contributed by atoms with Crippen LogP contribution in [0.4, 0.5) is 5.69 Å². The summed E-state index contributed by atoms with van der Waals surface area (Å²) in [6, 6.07) is 4.27. The van der Waals surface area contributed by atoms with Crippen LogP contribution in [0.15, 0.2) is 18.2 Å². The Morgan fingerprint density at radius 3 is 2.56 bits per heavy atom. The van der Waals surface area contributed by atoms with Gasteiger partial charge in [0, 0.05) is 5.69 Å². The van der Waals surface area contributed by atoms with Crippen LogP contribution in [0.3, 0.4) is 0 Å². The number of nitrogens with one attached hydrogen (secondary N) is 1. The standard InChI is InChI=1S/C26H36N2O6/c1-6-14(3)17(13-29)28-22(23(30)27-21-15(4)9-8-10-16(21)5)26-12-11-18(34-26)19(20(26)24(28)31)25(32)33-7-2/h8-10,14,17-20,22,29H,6-7,11-13H2,1-5H3,(H,27,30)/t14-,17-,18-,19+,20+,22-,26+/m0/s1. The molecule has 1 aromatic rings. The second-order valence-electron chi connectivity index (χ2n) is 9.94. The Hall–Kier alpha value is -2.45. The summed E-state index contributed by atoms with van der Waals surface area (Å²) < 4.78 is 11.7. The number of para-hydroxylation sites is 1. The number of carbonyl (C=O) groups excluding carboxylic acids is 3. The van der Waals surface area contributed by atoms with E-state index in [4.69, 9.17) is 9.47 Å². The first kappa shape index (κ1) is 24.7. The van der Waals surface area contributed by atoms with E-state index in [1.165, 1.54) is 4.90 Å². The molecule has 186 valence electrons. The van der Waals surface area contributed by atoms with Gasteiger partial charge in [-0.05, 0) is 50.7 Å². The predicted molar refractivity (Wildman–Crippen MR) is 126 cm³/mol. The van der Waals surface area contributed by atoms with Crippen molar-refractivity contribution in [1.29, 1.82) is 0 Å². The molecule has 3 aliphatic rings. The highest BCUT2D eigenvalue weighted by molar-refractivity contribution is 6.04. The van der Waals surface area contributed by atoms with E-state index in [2.05, 4.69) is 5.32 Å². The van der Waals surface area contributed by atoms with Crippen molar-refractivity contribution in [3.8, 4) is 0 Å². The van der Waals surface area contributed by atoms with Crippen LogP contribution in [-0.2, 0) is 23.9 Å². The number of rotatable bonds is 8. The van der Waals surface area contributed by atoms with Crippen LogP contribution in [0.1, 0.15) is 51.2 Å². The lowest BCUT2D eigenvalue weighted by Gasteiger charge is -2.39. The summed E-state index contributed by atoms with van der Waals surface area (Å²) >= 11 is 0. The molecular formula is C26H36N2O6. The summed E-state index contributed by atoms with van der Waals surface area (Å²) in [6.07, 6.45) is 1.37. The zero-order valence-corrected chi connectivity index (χ0v) is 20.7. The second kappa shape index (κ2) is 9.30. The van der Waals surface area contributed by atoms with Gasteiger partial charge in [-0.3, -0.25) is 14.4 Å². The number of aliphatic hydroxyl groups is 1. The van der Waals surface area contributed by atoms with E-state index in [0.717, 1.165) is 17.5 Å². The van der Waals surface area contributed by atoms with Crippen molar-refractivity contribution in [2.75, 3.05) is 18.5 Å². The highest BCUT2D eigenvalue weighted by Crippen LogP contribution is 2.59. The number of carbonyl (C=O) groups is 3. The normalized spacial score (nSPS) is 31.4. The zero-order chi connectivity index (χ0) is 24.8. The van der Waals surface area contributed by atoms with Crippen molar-refractivity contribution in [3.63, 3.8) is 0 Å². The smallest absolute Gasteiger partial charge is 0.312 e. The molecule has 7 atom stereocenters. The number of esters is 1. The summed E-state index contributed by atoms with van der Waals surface area (Å²) in [5.41, 5.74) is 1.43. The van der Waals surface area contributed by atoms with E-state index in [1.807, 2.05) is 45.9 Å². The molecule has 3 heterocycles. The fraction of sp³-hybridized carbons (Fsp3) is 0.654. The average molecular weight is 473 g/mol. The maximum absolute atomic E-state index is 14.0. The Labute approximate surface area is 201 Å². The Morgan fingerprint density at radius 2 is 1.97 bits per heavy atom. The van der Waals surface area contributed by atoms with Crippen molar-refractivity contribution < 1.29 is 29.0 Å². The Balaban J connectivity index is 1.78. The number of likely N-dealkylation sites (tertiary alicyclic amines) is 1. The molecule has 0 aliphatic carbocycles. The fourth-order valence-corrected chi connectivity index (χ4v) is 6.27. The first-order valence-corrected chi connectivity index (χ1v) is 12.4. The number of ether oxygens (including phenoxy) is 2. The number of benzene rings is 1. The molecular weight excluding hydrogens is 436 g/mol. The maximum Gasteiger partial charge on any atom is 0.312 e. The van der Waals surface area contributed by atoms with E-state index in [9.17, 15) is 19.5 Å². The van der Waals surface area contributed by atoms with Crippen molar-refractivity contribution in [1.82, 2.24) is 4.90 Å². The highest BCUT2D eigenvalue weighted by Gasteiger charge is 2.75. The third kappa shape index (κ3) is 3.62. The van der Waals surface area contributed by atoms with Gasteiger partial charge in [0.15, 0.2) is 0 Å². The number of aryl methyl sites for hydroxylation is 2. The van der Waals surface area contributed by atoms with Crippen molar-refractivity contribution in [2.45, 2.75) is 77.7 Å². The number of amides is 2. The number of fused-ring (bicyclic) bond motifs is 1. The van der Waals surface area contributed by atoms with Crippen molar-refractivity contribution in [2.24, 2.45) is 17.8 Å². The Bertz CT molecular complexity index is 960. The van der Waals surface area contributed by atoms with E-state index in [1.54, 1.807) is 6.92 Å². The van der Waals surface area contributed by atoms with Gasteiger partial charge in [0.05, 0.1) is 37.2 Å². The van der Waals surface area contributed by atoms with Crippen molar-refractivity contribution >= 4 is 23.5 Å². The highest BCUT2D eigenvalue weighted by atomic mass is 16.6. The quantitative estimate of drug-likeness (QED) is 0.564. The molecule has 0 aromatic heterocycles. The first-order valence-electron chi connectivity index (χ1n) is 12.4. The minimum atomic E-state index is -1.11. The molecule has 8 nitrogen and oxygen atoms in total. The van der Waals surface area contributed by atoms with Crippen LogP contribution in [-0.4, -0.2) is 64.8 Å². The number of anilines is 1. The van der Waals surface area contributed by atoms with Gasteiger partial charge in [-0.15, -0.1) is 0 Å². The Kier molecular flexibility index (Phi) is 6.75. The maximum atomic E-state index is 14.0. The number of aliphatic hydroxyl groups excluding tert-OH is 1. The van der Waals surface area contributed by atoms with Gasteiger partial charge in [-0.25, -0.2) is 0 Å². The summed E-state index contributed by atoms with van der Waals surface area (Å²) in [6.45, 7) is 9.46. The van der Waals surface area contributed by atoms with Gasteiger partial charge >= 0.3 is 5.97 Å². The molecule has 0 unspecified atom stereocenters. The topological polar surface area (TPSA) is 105 Å². The van der Waals surface area contributed by atoms with Gasteiger partial charge < -0.3 is 24.8 Å². The van der Waals surface area contributed by atoms with E-state index in [-0.39, 0.29) is 30.9 Å². The third-order valence-corrected chi connectivity index (χ3v) is 8.12. The average Bonchev–Trinajstić information content (AvgIpc) is 3.44. The minimum Gasteiger partial charge on any atom is -0.466 e. The molecule has 3 fully saturated rings. The molecule has 2 N–H and O–H groups in total. The molecule has 0 saturated carbocycles. The van der Waals surface area contributed by atoms with Crippen LogP contribution >= 0.6 is 0 Å². The minimum absolute atomic E-state index is 0.0436. The van der Waals surface area contributed by atoms with Crippen LogP contribution < -0.4 is 5.32 Å². The van der Waals surface area contributed by atoms with Gasteiger partial charge in [-0.2, -0.15) is 0 Å². The monoisotopic (exact) mass is 472 g/mol. The SMILES string of the molecule is CCOC(=O)[C@@H]1[C@@H]2CC[C@]3(O2)[C@H](C(=O)Nc2c(C)cccc2C)N([C@@H](CO)[C@@H](C)CC)C(=O)[C@@H]13. The molecule has 2 bridgehead atoms. The molecule has 0 radical (unpaired) electrons. The van der Waals surface area contributed by atoms with Crippen LogP contribution in [0.2, 0.25) is 0 Å².